The molecule has 0 saturated carbocycles. The predicted octanol–water partition coefficient (Wildman–Crippen LogP) is 5.20. The number of pyridine rings is 1. The van der Waals surface area contributed by atoms with Crippen LogP contribution in [0.5, 0.6) is 0 Å². The molecule has 170 valence electrons. The van der Waals surface area contributed by atoms with Crippen LogP contribution in [0.2, 0.25) is 0 Å². The topological polar surface area (TPSA) is 63.2 Å². The molecule has 9 heteroatoms. The highest BCUT2D eigenvalue weighted by Crippen LogP contribution is 2.32. The standard InChI is InChI=1S/C23H26F3N5O/c1-13(17-7-4-8-18(20(17)24)22(25)26)28-23-19-10-15(11-27-21(19)14(2)29-30-23)31-9-5-6-16(12-31)32-3/h4,7-8,10-11,13,16,22H,5-6,9,12H2,1-3H3,(H,28,30)/t13-,16-/m1/s1. The van der Waals surface area contributed by atoms with Gasteiger partial charge in [0.05, 0.1) is 40.8 Å². The lowest BCUT2D eigenvalue weighted by Crippen LogP contribution is -2.39. The van der Waals surface area contributed by atoms with E-state index in [2.05, 4.69) is 25.4 Å². The molecule has 0 amide bonds. The molecule has 2 atom stereocenters. The van der Waals surface area contributed by atoms with Crippen LogP contribution in [0.4, 0.5) is 24.7 Å². The number of ether oxygens (including phenoxy) is 1. The van der Waals surface area contributed by atoms with Gasteiger partial charge >= 0.3 is 0 Å². The molecule has 0 bridgehead atoms. The lowest BCUT2D eigenvalue weighted by atomic mass is 10.0. The van der Waals surface area contributed by atoms with Gasteiger partial charge in [-0.15, -0.1) is 5.10 Å². The number of hydrogen-bond donors (Lipinski definition) is 1. The minimum Gasteiger partial charge on any atom is -0.380 e. The fourth-order valence-corrected chi connectivity index (χ4v) is 4.15. The minimum absolute atomic E-state index is 0.140. The van der Waals surface area contributed by atoms with Gasteiger partial charge in [0.2, 0.25) is 0 Å². The quantitative estimate of drug-likeness (QED) is 0.563. The number of alkyl halides is 2. The van der Waals surface area contributed by atoms with Crippen LogP contribution >= 0.6 is 0 Å². The summed E-state index contributed by atoms with van der Waals surface area (Å²) in [5.41, 5.74) is 1.82. The molecule has 1 aliphatic heterocycles. The van der Waals surface area contributed by atoms with Gasteiger partial charge in [-0.2, -0.15) is 5.10 Å². The summed E-state index contributed by atoms with van der Waals surface area (Å²) in [6.07, 6.45) is 1.14. The summed E-state index contributed by atoms with van der Waals surface area (Å²) in [4.78, 5) is 6.83. The van der Waals surface area contributed by atoms with Crippen LogP contribution < -0.4 is 10.2 Å². The molecule has 32 heavy (non-hydrogen) atoms. The van der Waals surface area contributed by atoms with Crippen molar-refractivity contribution >= 4 is 22.4 Å². The van der Waals surface area contributed by atoms with Gasteiger partial charge in [0, 0.05) is 31.1 Å². The number of fused-ring (bicyclic) bond motifs is 1. The van der Waals surface area contributed by atoms with Crippen LogP contribution in [0, 0.1) is 12.7 Å². The van der Waals surface area contributed by atoms with E-state index in [0.717, 1.165) is 43.1 Å². The maximum atomic E-state index is 14.6. The zero-order valence-electron chi connectivity index (χ0n) is 18.3. The molecule has 1 saturated heterocycles. The van der Waals surface area contributed by atoms with Gasteiger partial charge in [0.1, 0.15) is 5.82 Å². The Hall–Kier alpha value is -2.94. The van der Waals surface area contributed by atoms with Gasteiger partial charge in [0.15, 0.2) is 5.82 Å². The highest BCUT2D eigenvalue weighted by molar-refractivity contribution is 5.92. The van der Waals surface area contributed by atoms with E-state index in [-0.39, 0.29) is 11.7 Å². The van der Waals surface area contributed by atoms with Crippen LogP contribution in [-0.2, 0) is 4.74 Å². The Morgan fingerprint density at radius 1 is 1.22 bits per heavy atom. The van der Waals surface area contributed by atoms with Gasteiger partial charge in [-0.3, -0.25) is 4.98 Å². The number of aryl methyl sites for hydroxylation is 1. The van der Waals surface area contributed by atoms with Gasteiger partial charge in [-0.05, 0) is 32.8 Å². The van der Waals surface area contributed by atoms with E-state index in [9.17, 15) is 13.2 Å². The van der Waals surface area contributed by atoms with Crippen LogP contribution in [0.15, 0.2) is 30.5 Å². The molecule has 0 unspecified atom stereocenters. The lowest BCUT2D eigenvalue weighted by molar-refractivity contribution is 0.0893. The number of benzene rings is 1. The van der Waals surface area contributed by atoms with E-state index in [1.807, 2.05) is 19.2 Å². The average Bonchev–Trinajstić information content (AvgIpc) is 2.80. The zero-order chi connectivity index (χ0) is 22.8. The second kappa shape index (κ2) is 9.28. The van der Waals surface area contributed by atoms with E-state index in [1.54, 1.807) is 14.0 Å². The Kier molecular flexibility index (Phi) is 6.45. The summed E-state index contributed by atoms with van der Waals surface area (Å²) >= 11 is 0. The third-order valence-electron chi connectivity index (χ3n) is 5.96. The van der Waals surface area contributed by atoms with Crippen molar-refractivity contribution in [2.75, 3.05) is 30.4 Å². The lowest BCUT2D eigenvalue weighted by Gasteiger charge is -2.33. The van der Waals surface area contributed by atoms with Crippen LogP contribution in [0.1, 0.15) is 49.1 Å². The monoisotopic (exact) mass is 445 g/mol. The first-order valence-corrected chi connectivity index (χ1v) is 10.6. The molecule has 2 aromatic heterocycles. The molecule has 6 nitrogen and oxygen atoms in total. The highest BCUT2D eigenvalue weighted by atomic mass is 19.3. The second-order valence-corrected chi connectivity index (χ2v) is 8.09. The van der Waals surface area contributed by atoms with Crippen molar-refractivity contribution < 1.29 is 17.9 Å². The predicted molar refractivity (Wildman–Crippen MR) is 118 cm³/mol. The van der Waals surface area contributed by atoms with Crippen molar-refractivity contribution in [2.45, 2.75) is 45.3 Å². The Labute approximate surface area is 184 Å². The van der Waals surface area contributed by atoms with E-state index in [0.29, 0.717) is 17.0 Å². The van der Waals surface area contributed by atoms with Crippen molar-refractivity contribution in [3.8, 4) is 0 Å². The fraction of sp³-hybridized carbons (Fsp3) is 0.435. The molecule has 1 fully saturated rings. The molecule has 1 N–H and O–H groups in total. The van der Waals surface area contributed by atoms with Crippen LogP contribution in [-0.4, -0.2) is 41.5 Å². The van der Waals surface area contributed by atoms with E-state index in [1.165, 1.54) is 12.1 Å². The van der Waals surface area contributed by atoms with Crippen molar-refractivity contribution in [2.24, 2.45) is 0 Å². The maximum Gasteiger partial charge on any atom is 0.266 e. The average molecular weight is 445 g/mol. The van der Waals surface area contributed by atoms with Crippen LogP contribution in [0.3, 0.4) is 0 Å². The third kappa shape index (κ3) is 4.34. The number of nitrogens with zero attached hydrogens (tertiary/aromatic N) is 4. The molecule has 0 aliphatic carbocycles. The zero-order valence-corrected chi connectivity index (χ0v) is 18.3. The van der Waals surface area contributed by atoms with E-state index in [4.69, 9.17) is 4.74 Å². The Morgan fingerprint density at radius 3 is 2.75 bits per heavy atom. The normalized spacial score (nSPS) is 17.7. The van der Waals surface area contributed by atoms with Crippen LogP contribution in [0.25, 0.3) is 10.9 Å². The first kappa shape index (κ1) is 22.3. The Balaban J connectivity index is 1.68. The number of hydrogen-bond acceptors (Lipinski definition) is 6. The molecule has 0 radical (unpaired) electrons. The number of halogens is 3. The molecular formula is C23H26F3N5O. The van der Waals surface area contributed by atoms with E-state index < -0.39 is 23.8 Å². The SMILES string of the molecule is CO[C@@H]1CCCN(c2cnc3c(C)nnc(N[C@H](C)c4cccc(C(F)F)c4F)c3c2)C1. The smallest absolute Gasteiger partial charge is 0.266 e. The summed E-state index contributed by atoms with van der Waals surface area (Å²) in [7, 11) is 1.72. The molecule has 0 spiro atoms. The van der Waals surface area contributed by atoms with Gasteiger partial charge in [0.25, 0.3) is 6.43 Å². The fourth-order valence-electron chi connectivity index (χ4n) is 4.15. The third-order valence-corrected chi connectivity index (χ3v) is 5.96. The number of methoxy groups -OCH3 is 1. The minimum atomic E-state index is -2.88. The second-order valence-electron chi connectivity index (χ2n) is 8.09. The highest BCUT2D eigenvalue weighted by Gasteiger charge is 2.23. The summed E-state index contributed by atoms with van der Waals surface area (Å²) in [6.45, 7) is 5.19. The molecule has 3 aromatic rings. The Bertz CT molecular complexity index is 1110. The van der Waals surface area contributed by atoms with Crippen molar-refractivity contribution in [3.05, 3.63) is 53.1 Å². The number of aromatic nitrogens is 3. The van der Waals surface area contributed by atoms with Crippen molar-refractivity contribution in [1.29, 1.82) is 0 Å². The molecular weight excluding hydrogens is 419 g/mol. The van der Waals surface area contributed by atoms with Crippen molar-refractivity contribution in [3.63, 3.8) is 0 Å². The van der Waals surface area contributed by atoms with Gasteiger partial charge in [-0.25, -0.2) is 13.2 Å². The molecule has 1 aromatic carbocycles. The summed E-state index contributed by atoms with van der Waals surface area (Å²) in [6, 6.07) is 5.40. The number of nitrogens with one attached hydrogen (secondary N) is 1. The summed E-state index contributed by atoms with van der Waals surface area (Å²) in [5.74, 6) is -0.487. The molecule has 3 heterocycles. The van der Waals surface area contributed by atoms with Gasteiger partial charge < -0.3 is 15.0 Å². The summed E-state index contributed by atoms with van der Waals surface area (Å²) in [5, 5.41) is 12.3. The molecule has 1 aliphatic rings. The maximum absolute atomic E-state index is 14.6. The van der Waals surface area contributed by atoms with E-state index >= 15 is 0 Å². The summed E-state index contributed by atoms with van der Waals surface area (Å²) < 4.78 is 46.4. The first-order valence-electron chi connectivity index (χ1n) is 10.6. The largest absolute Gasteiger partial charge is 0.380 e. The molecule has 4 rings (SSSR count). The Morgan fingerprint density at radius 2 is 2.00 bits per heavy atom. The number of rotatable bonds is 6. The van der Waals surface area contributed by atoms with Gasteiger partial charge in [-0.1, -0.05) is 18.2 Å². The number of piperidine rings is 1. The number of anilines is 2. The van der Waals surface area contributed by atoms with Crippen molar-refractivity contribution in [1.82, 2.24) is 15.2 Å². The first-order chi connectivity index (χ1) is 15.4.